The van der Waals surface area contributed by atoms with Gasteiger partial charge in [-0.15, -0.1) is 0 Å². The van der Waals surface area contributed by atoms with Crippen molar-refractivity contribution < 1.29 is 9.84 Å². The third kappa shape index (κ3) is 7.04. The molecule has 33 heavy (non-hydrogen) atoms. The lowest BCUT2D eigenvalue weighted by molar-refractivity contribution is 0.109. The van der Waals surface area contributed by atoms with Gasteiger partial charge in [0.2, 0.25) is 0 Å². The van der Waals surface area contributed by atoms with Crippen LogP contribution in [0.2, 0.25) is 0 Å². The van der Waals surface area contributed by atoms with Crippen LogP contribution in [-0.4, -0.2) is 22.7 Å². The van der Waals surface area contributed by atoms with E-state index >= 15 is 0 Å². The first-order valence-corrected chi connectivity index (χ1v) is 11.5. The molecule has 0 fully saturated rings. The highest BCUT2D eigenvalue weighted by atomic mass is 16.5. The zero-order valence-corrected chi connectivity index (χ0v) is 18.9. The van der Waals surface area contributed by atoms with Gasteiger partial charge < -0.3 is 9.84 Å². The first-order valence-electron chi connectivity index (χ1n) is 11.5. The second kappa shape index (κ2) is 12.0. The third-order valence-corrected chi connectivity index (χ3v) is 5.83. The molecule has 0 saturated carbocycles. The van der Waals surface area contributed by atoms with Crippen molar-refractivity contribution in [2.75, 3.05) is 6.61 Å². The van der Waals surface area contributed by atoms with Crippen LogP contribution in [0, 0.1) is 0 Å². The summed E-state index contributed by atoms with van der Waals surface area (Å²) in [7, 11) is 0. The largest absolute Gasteiger partial charge is 0.489 e. The molecule has 1 atom stereocenters. The van der Waals surface area contributed by atoms with E-state index in [9.17, 15) is 5.11 Å². The highest BCUT2D eigenvalue weighted by molar-refractivity contribution is 5.28. The number of ether oxygens (including phenoxy) is 1. The number of aliphatic hydroxyl groups is 1. The lowest BCUT2D eigenvalue weighted by Gasteiger charge is -2.31. The van der Waals surface area contributed by atoms with Crippen molar-refractivity contribution in [1.82, 2.24) is 4.90 Å². The molecule has 0 spiro atoms. The minimum absolute atomic E-state index is 0.0153. The Morgan fingerprint density at radius 1 is 0.576 bits per heavy atom. The highest BCUT2D eigenvalue weighted by Gasteiger charge is 2.19. The maximum Gasteiger partial charge on any atom is 0.119 e. The molecule has 1 N–H and O–H groups in total. The van der Waals surface area contributed by atoms with Crippen molar-refractivity contribution in [3.05, 3.63) is 138 Å². The van der Waals surface area contributed by atoms with Crippen LogP contribution in [0.5, 0.6) is 5.75 Å². The summed E-state index contributed by atoms with van der Waals surface area (Å²) >= 11 is 0. The average molecular weight is 438 g/mol. The molecular weight excluding hydrogens is 406 g/mol. The minimum atomic E-state index is 0.0153. The normalized spacial score (nSPS) is 11.9. The van der Waals surface area contributed by atoms with Gasteiger partial charge in [-0.3, -0.25) is 4.90 Å². The van der Waals surface area contributed by atoms with E-state index < -0.39 is 0 Å². The van der Waals surface area contributed by atoms with E-state index in [0.717, 1.165) is 30.8 Å². The molecule has 4 aromatic rings. The van der Waals surface area contributed by atoms with Gasteiger partial charge in [0.25, 0.3) is 0 Å². The molecule has 0 aliphatic rings. The zero-order valence-electron chi connectivity index (χ0n) is 18.9. The van der Waals surface area contributed by atoms with E-state index in [2.05, 4.69) is 77.7 Å². The topological polar surface area (TPSA) is 32.7 Å². The van der Waals surface area contributed by atoms with E-state index in [1.54, 1.807) is 0 Å². The molecule has 4 aromatic carbocycles. The molecule has 4 rings (SSSR count). The number of hydrogen-bond acceptors (Lipinski definition) is 3. The molecule has 3 nitrogen and oxygen atoms in total. The van der Waals surface area contributed by atoms with Gasteiger partial charge in [0.1, 0.15) is 12.4 Å². The van der Waals surface area contributed by atoms with Crippen LogP contribution in [0.25, 0.3) is 0 Å². The van der Waals surface area contributed by atoms with Gasteiger partial charge in [0, 0.05) is 19.1 Å². The predicted molar refractivity (Wildman–Crippen MR) is 134 cm³/mol. The Balaban J connectivity index is 1.43. The average Bonchev–Trinajstić information content (AvgIpc) is 2.88. The number of hydrogen-bond donors (Lipinski definition) is 1. The quantitative estimate of drug-likeness (QED) is 0.318. The number of benzene rings is 4. The maximum absolute atomic E-state index is 10.3. The Labute approximate surface area is 196 Å². The summed E-state index contributed by atoms with van der Waals surface area (Å²) in [4.78, 5) is 2.37. The number of rotatable bonds is 11. The van der Waals surface area contributed by atoms with E-state index in [0.29, 0.717) is 6.61 Å². The van der Waals surface area contributed by atoms with E-state index in [1.807, 2.05) is 42.5 Å². The van der Waals surface area contributed by atoms with Gasteiger partial charge in [-0.25, -0.2) is 0 Å². The summed E-state index contributed by atoms with van der Waals surface area (Å²) in [5.41, 5.74) is 4.83. The molecule has 0 radical (unpaired) electrons. The van der Waals surface area contributed by atoms with Crippen LogP contribution in [0.15, 0.2) is 115 Å². The Morgan fingerprint density at radius 2 is 1.06 bits per heavy atom. The van der Waals surface area contributed by atoms with Crippen LogP contribution in [0.4, 0.5) is 0 Å². The van der Waals surface area contributed by atoms with E-state index in [-0.39, 0.29) is 12.6 Å². The summed E-state index contributed by atoms with van der Waals surface area (Å²) in [6.07, 6.45) is 0.773. The summed E-state index contributed by atoms with van der Waals surface area (Å²) < 4.78 is 5.92. The smallest absolute Gasteiger partial charge is 0.119 e. The molecule has 0 amide bonds. The SMILES string of the molecule is OC[C@H](Cc1ccc(OCc2ccccc2)cc1)N(Cc1ccccc1)Cc1ccccc1. The van der Waals surface area contributed by atoms with Gasteiger partial charge >= 0.3 is 0 Å². The fourth-order valence-electron chi connectivity index (χ4n) is 3.99. The van der Waals surface area contributed by atoms with Gasteiger partial charge in [0.15, 0.2) is 0 Å². The maximum atomic E-state index is 10.3. The van der Waals surface area contributed by atoms with Crippen molar-refractivity contribution in [2.24, 2.45) is 0 Å². The molecule has 0 bridgehead atoms. The third-order valence-electron chi connectivity index (χ3n) is 5.83. The number of nitrogens with zero attached hydrogens (tertiary/aromatic N) is 1. The van der Waals surface area contributed by atoms with Crippen molar-refractivity contribution in [1.29, 1.82) is 0 Å². The summed E-state index contributed by atoms with van der Waals surface area (Å²) in [5.74, 6) is 0.855. The Bertz CT molecular complexity index is 1030. The summed E-state index contributed by atoms with van der Waals surface area (Å²) in [6, 6.07) is 39.4. The van der Waals surface area contributed by atoms with Crippen LogP contribution >= 0.6 is 0 Å². The summed E-state index contributed by atoms with van der Waals surface area (Å²) in [5, 5.41) is 10.3. The Kier molecular flexibility index (Phi) is 8.29. The monoisotopic (exact) mass is 437 g/mol. The molecular formula is C30H31NO2. The van der Waals surface area contributed by atoms with E-state index in [1.165, 1.54) is 16.7 Å². The second-order valence-corrected chi connectivity index (χ2v) is 8.33. The van der Waals surface area contributed by atoms with Gasteiger partial charge in [0.05, 0.1) is 6.61 Å². The van der Waals surface area contributed by atoms with Gasteiger partial charge in [-0.2, -0.15) is 0 Å². The molecule has 0 heterocycles. The van der Waals surface area contributed by atoms with Gasteiger partial charge in [-0.05, 0) is 40.8 Å². The molecule has 0 saturated heterocycles. The zero-order chi connectivity index (χ0) is 22.7. The second-order valence-electron chi connectivity index (χ2n) is 8.33. The predicted octanol–water partition coefficient (Wildman–Crippen LogP) is 5.87. The lowest BCUT2D eigenvalue weighted by atomic mass is 10.0. The van der Waals surface area contributed by atoms with Crippen LogP contribution in [0.1, 0.15) is 22.3 Å². The highest BCUT2D eigenvalue weighted by Crippen LogP contribution is 2.19. The first-order chi connectivity index (χ1) is 16.3. The molecule has 3 heteroatoms. The first kappa shape index (κ1) is 22.8. The number of aliphatic hydroxyl groups excluding tert-OH is 1. The molecule has 0 aromatic heterocycles. The fourth-order valence-corrected chi connectivity index (χ4v) is 3.99. The molecule has 0 aliphatic carbocycles. The Hall–Kier alpha value is -3.40. The van der Waals surface area contributed by atoms with Crippen molar-refractivity contribution in [2.45, 2.75) is 32.2 Å². The molecule has 0 unspecified atom stereocenters. The van der Waals surface area contributed by atoms with Gasteiger partial charge in [-0.1, -0.05) is 103 Å². The fraction of sp³-hybridized carbons (Fsp3) is 0.200. The lowest BCUT2D eigenvalue weighted by Crippen LogP contribution is -2.38. The van der Waals surface area contributed by atoms with Crippen molar-refractivity contribution >= 4 is 0 Å². The minimum Gasteiger partial charge on any atom is -0.489 e. The molecule has 168 valence electrons. The van der Waals surface area contributed by atoms with Crippen LogP contribution in [0.3, 0.4) is 0 Å². The van der Waals surface area contributed by atoms with E-state index in [4.69, 9.17) is 4.74 Å². The Morgan fingerprint density at radius 3 is 1.55 bits per heavy atom. The van der Waals surface area contributed by atoms with Crippen molar-refractivity contribution in [3.63, 3.8) is 0 Å². The van der Waals surface area contributed by atoms with Crippen LogP contribution in [-0.2, 0) is 26.1 Å². The molecule has 0 aliphatic heterocycles. The standard InChI is InChI=1S/C30H31NO2/c32-23-29(20-25-16-18-30(19-17-25)33-24-28-14-8-3-9-15-28)31(21-26-10-4-1-5-11-26)22-27-12-6-2-7-13-27/h1-19,29,32H,20-24H2/t29-/m0/s1. The van der Waals surface area contributed by atoms with Crippen molar-refractivity contribution in [3.8, 4) is 5.75 Å². The van der Waals surface area contributed by atoms with Crippen LogP contribution < -0.4 is 4.74 Å². The summed E-state index contributed by atoms with van der Waals surface area (Å²) in [6.45, 7) is 2.24.